The zero-order valence-corrected chi connectivity index (χ0v) is 19.1. The zero-order chi connectivity index (χ0) is 23.1. The predicted molar refractivity (Wildman–Crippen MR) is 116 cm³/mol. The molecular weight excluding hydrogens is 400 g/mol. The minimum absolute atomic E-state index is 0.00199. The molecule has 2 aliphatic rings. The molecule has 0 aromatic heterocycles. The van der Waals surface area contributed by atoms with Crippen LogP contribution in [0.25, 0.3) is 0 Å². The molecule has 0 heterocycles. The summed E-state index contributed by atoms with van der Waals surface area (Å²) in [6, 6.07) is 0. The van der Waals surface area contributed by atoms with E-state index < -0.39 is 18.2 Å². The molecule has 0 radical (unpaired) electrons. The maximum atomic E-state index is 12.5. The summed E-state index contributed by atoms with van der Waals surface area (Å²) in [4.78, 5) is 23.3. The van der Waals surface area contributed by atoms with Gasteiger partial charge in [0.2, 0.25) is 0 Å². The molecule has 7 nitrogen and oxygen atoms in total. The van der Waals surface area contributed by atoms with Gasteiger partial charge in [0.15, 0.2) is 0 Å². The summed E-state index contributed by atoms with van der Waals surface area (Å²) in [5.74, 6) is -1.01. The average Bonchev–Trinajstić information content (AvgIpc) is 2.70. The molecule has 8 unspecified atom stereocenters. The van der Waals surface area contributed by atoms with Crippen molar-refractivity contribution in [1.82, 2.24) is 0 Å². The van der Waals surface area contributed by atoms with E-state index in [4.69, 9.17) is 14.6 Å². The molecule has 2 rings (SSSR count). The molecule has 0 saturated heterocycles. The summed E-state index contributed by atoms with van der Waals surface area (Å²) in [5.41, 5.74) is 1.00. The van der Waals surface area contributed by atoms with E-state index in [1.165, 1.54) is 0 Å². The number of aliphatic hydroxyl groups excluding tert-OH is 2. The van der Waals surface area contributed by atoms with Crippen LogP contribution < -0.4 is 0 Å². The first-order valence-electron chi connectivity index (χ1n) is 11.4. The Morgan fingerprint density at radius 3 is 2.65 bits per heavy atom. The molecule has 0 amide bonds. The molecule has 176 valence electrons. The molecule has 0 aliphatic heterocycles. The Labute approximate surface area is 185 Å². The quantitative estimate of drug-likeness (QED) is 0.425. The lowest BCUT2D eigenvalue weighted by Gasteiger charge is -2.43. The number of hydrogen-bond acceptors (Lipinski definition) is 6. The summed E-state index contributed by atoms with van der Waals surface area (Å²) in [6.07, 6.45) is 6.28. The summed E-state index contributed by atoms with van der Waals surface area (Å²) in [7, 11) is 1.57. The van der Waals surface area contributed by atoms with Crippen molar-refractivity contribution in [3.05, 3.63) is 23.8 Å². The maximum absolute atomic E-state index is 12.5. The van der Waals surface area contributed by atoms with Crippen molar-refractivity contribution in [2.24, 2.45) is 23.7 Å². The first-order chi connectivity index (χ1) is 14.7. The van der Waals surface area contributed by atoms with E-state index in [-0.39, 0.29) is 54.7 Å². The second-order valence-corrected chi connectivity index (χ2v) is 9.08. The van der Waals surface area contributed by atoms with E-state index in [9.17, 15) is 19.8 Å². The van der Waals surface area contributed by atoms with Crippen molar-refractivity contribution < 1.29 is 34.4 Å². The summed E-state index contributed by atoms with van der Waals surface area (Å²) >= 11 is 0. The van der Waals surface area contributed by atoms with Crippen LogP contribution in [0, 0.1) is 23.7 Å². The first-order valence-corrected chi connectivity index (χ1v) is 11.4. The second kappa shape index (κ2) is 11.8. The topological polar surface area (TPSA) is 113 Å². The molecule has 0 spiro atoms. The van der Waals surface area contributed by atoms with Crippen LogP contribution in [-0.2, 0) is 19.1 Å². The van der Waals surface area contributed by atoms with Gasteiger partial charge in [-0.1, -0.05) is 39.0 Å². The standard InChI is InChI=1S/C24H38O7/c1-5-14(2)24(29)31-21-12-17(25)10-16-7-6-15(3)20(23(16)21)9-8-19(30-4)11-18(26)13-22(27)28/h6-7,10,14-15,17-21,23,25-26H,5,8-9,11-13H2,1-4H3,(H,27,28). The van der Waals surface area contributed by atoms with Gasteiger partial charge in [-0.2, -0.15) is 0 Å². The number of aliphatic hydroxyl groups is 2. The van der Waals surface area contributed by atoms with Crippen molar-refractivity contribution in [1.29, 1.82) is 0 Å². The highest BCUT2D eigenvalue weighted by Crippen LogP contribution is 2.44. The number of ether oxygens (including phenoxy) is 2. The number of carbonyl (C=O) groups is 2. The Morgan fingerprint density at radius 2 is 2.03 bits per heavy atom. The smallest absolute Gasteiger partial charge is 0.308 e. The van der Waals surface area contributed by atoms with Gasteiger partial charge >= 0.3 is 11.9 Å². The minimum atomic E-state index is -1.03. The first kappa shape index (κ1) is 25.6. The van der Waals surface area contributed by atoms with Gasteiger partial charge in [0.05, 0.1) is 30.7 Å². The third-order valence-electron chi connectivity index (χ3n) is 6.76. The number of hydrogen-bond donors (Lipinski definition) is 3. The van der Waals surface area contributed by atoms with Gasteiger partial charge in [-0.3, -0.25) is 9.59 Å². The lowest BCUT2D eigenvalue weighted by atomic mass is 9.66. The SMILES string of the molecule is CCC(C)C(=O)OC1CC(O)C=C2C=CC(C)C(CCC(CC(O)CC(=O)O)OC)C21. The van der Waals surface area contributed by atoms with E-state index in [1.54, 1.807) is 7.11 Å². The monoisotopic (exact) mass is 438 g/mol. The lowest BCUT2D eigenvalue weighted by Crippen LogP contribution is -2.43. The Balaban J connectivity index is 2.13. The number of aliphatic carboxylic acids is 1. The van der Waals surface area contributed by atoms with Gasteiger partial charge in [0.1, 0.15) is 6.10 Å². The highest BCUT2D eigenvalue weighted by atomic mass is 16.5. The molecule has 8 atom stereocenters. The molecule has 0 aromatic carbocycles. The third kappa shape index (κ3) is 7.16. The molecule has 0 aromatic rings. The van der Waals surface area contributed by atoms with Crippen molar-refractivity contribution in [3.63, 3.8) is 0 Å². The zero-order valence-electron chi connectivity index (χ0n) is 19.1. The number of fused-ring (bicyclic) bond motifs is 1. The molecular formula is C24H38O7. The normalized spacial score (nSPS) is 30.6. The van der Waals surface area contributed by atoms with Crippen molar-refractivity contribution in [3.8, 4) is 0 Å². The Hall–Kier alpha value is -1.70. The molecule has 0 fully saturated rings. The largest absolute Gasteiger partial charge is 0.481 e. The second-order valence-electron chi connectivity index (χ2n) is 9.08. The van der Waals surface area contributed by atoms with Crippen LogP contribution >= 0.6 is 0 Å². The van der Waals surface area contributed by atoms with Crippen LogP contribution in [0.2, 0.25) is 0 Å². The molecule has 0 saturated carbocycles. The summed E-state index contributed by atoms with van der Waals surface area (Å²) < 4.78 is 11.4. The molecule has 2 aliphatic carbocycles. The van der Waals surface area contributed by atoms with E-state index in [2.05, 4.69) is 13.0 Å². The maximum Gasteiger partial charge on any atom is 0.308 e. The fourth-order valence-electron chi connectivity index (χ4n) is 4.72. The number of carbonyl (C=O) groups excluding carboxylic acids is 1. The van der Waals surface area contributed by atoms with Crippen LogP contribution in [-0.4, -0.2) is 58.8 Å². The van der Waals surface area contributed by atoms with Gasteiger partial charge in [0, 0.05) is 25.9 Å². The molecule has 31 heavy (non-hydrogen) atoms. The van der Waals surface area contributed by atoms with Crippen LogP contribution in [0.5, 0.6) is 0 Å². The number of carboxylic acid groups (broad SMARTS) is 1. The Bertz CT molecular complexity index is 671. The van der Waals surface area contributed by atoms with Gasteiger partial charge in [-0.15, -0.1) is 0 Å². The highest BCUT2D eigenvalue weighted by Gasteiger charge is 2.42. The minimum Gasteiger partial charge on any atom is -0.481 e. The van der Waals surface area contributed by atoms with Crippen LogP contribution in [0.3, 0.4) is 0 Å². The van der Waals surface area contributed by atoms with E-state index >= 15 is 0 Å². The van der Waals surface area contributed by atoms with Crippen LogP contribution in [0.1, 0.15) is 59.3 Å². The van der Waals surface area contributed by atoms with E-state index in [1.807, 2.05) is 26.0 Å². The number of carboxylic acids is 1. The average molecular weight is 439 g/mol. The highest BCUT2D eigenvalue weighted by molar-refractivity contribution is 5.72. The fraction of sp³-hybridized carbons (Fsp3) is 0.750. The van der Waals surface area contributed by atoms with Crippen molar-refractivity contribution in [2.75, 3.05) is 7.11 Å². The molecule has 7 heteroatoms. The molecule has 3 N–H and O–H groups in total. The lowest BCUT2D eigenvalue weighted by molar-refractivity contribution is -0.159. The van der Waals surface area contributed by atoms with Crippen molar-refractivity contribution in [2.45, 2.75) is 83.7 Å². The summed E-state index contributed by atoms with van der Waals surface area (Å²) in [6.45, 7) is 5.94. The van der Waals surface area contributed by atoms with Gasteiger partial charge in [-0.25, -0.2) is 0 Å². The Morgan fingerprint density at radius 1 is 1.32 bits per heavy atom. The van der Waals surface area contributed by atoms with Gasteiger partial charge < -0.3 is 24.8 Å². The Kier molecular flexibility index (Phi) is 9.72. The van der Waals surface area contributed by atoms with E-state index in [0.29, 0.717) is 19.3 Å². The van der Waals surface area contributed by atoms with Gasteiger partial charge in [0.25, 0.3) is 0 Å². The number of esters is 1. The number of rotatable bonds is 11. The number of methoxy groups -OCH3 is 1. The summed E-state index contributed by atoms with van der Waals surface area (Å²) in [5, 5.41) is 29.2. The van der Waals surface area contributed by atoms with E-state index in [0.717, 1.165) is 12.0 Å². The predicted octanol–water partition coefficient (Wildman–Crippen LogP) is 3.09. The fourth-order valence-corrected chi connectivity index (χ4v) is 4.72. The van der Waals surface area contributed by atoms with Crippen LogP contribution in [0.4, 0.5) is 0 Å². The van der Waals surface area contributed by atoms with Crippen LogP contribution in [0.15, 0.2) is 23.8 Å². The number of allylic oxidation sites excluding steroid dienone is 2. The van der Waals surface area contributed by atoms with Crippen molar-refractivity contribution >= 4 is 11.9 Å². The third-order valence-corrected chi connectivity index (χ3v) is 6.76. The molecule has 0 bridgehead atoms. The van der Waals surface area contributed by atoms with Gasteiger partial charge in [-0.05, 0) is 36.7 Å².